The molecule has 42 heavy (non-hydrogen) atoms. The summed E-state index contributed by atoms with van der Waals surface area (Å²) in [5.74, 6) is 0.513. The summed E-state index contributed by atoms with van der Waals surface area (Å²) in [4.78, 5) is 17.8. The zero-order valence-electron chi connectivity index (χ0n) is 24.3. The van der Waals surface area contributed by atoms with Gasteiger partial charge in [-0.1, -0.05) is 68.5 Å². The van der Waals surface area contributed by atoms with E-state index in [9.17, 15) is 15.0 Å². The van der Waals surface area contributed by atoms with E-state index in [-0.39, 0.29) is 29.0 Å². The number of nitrogens with zero attached hydrogens (tertiary/aromatic N) is 1. The summed E-state index contributed by atoms with van der Waals surface area (Å²) in [6, 6.07) is 11.8. The van der Waals surface area contributed by atoms with E-state index in [1.807, 2.05) is 36.4 Å². The van der Waals surface area contributed by atoms with Gasteiger partial charge in [0.15, 0.2) is 17.7 Å². The molecule has 7 rings (SSSR count). The number of allylic oxidation sites excluding steroid dienone is 5. The van der Waals surface area contributed by atoms with Crippen LogP contribution in [0.25, 0.3) is 0 Å². The van der Waals surface area contributed by atoms with Gasteiger partial charge < -0.3 is 25.4 Å². The molecule has 2 heterocycles. The second-order valence-corrected chi connectivity index (χ2v) is 13.5. The Bertz CT molecular complexity index is 1500. The number of Topliss-reactive ketones (excluding diaryl/α,β-unsaturated/α-hetero) is 1. The molecule has 4 fully saturated rings. The molecule has 1 aromatic heterocycles. The molecular formula is C35H40N2O5. The summed E-state index contributed by atoms with van der Waals surface area (Å²) >= 11 is 0. The van der Waals surface area contributed by atoms with Gasteiger partial charge in [-0.2, -0.15) is 0 Å². The number of rotatable bonds is 5. The molecule has 1 aliphatic heterocycles. The average molecular weight is 569 g/mol. The number of aliphatic hydroxyl groups excluding tert-OH is 2. The van der Waals surface area contributed by atoms with Crippen LogP contribution >= 0.6 is 0 Å². The van der Waals surface area contributed by atoms with Gasteiger partial charge in [-0.25, -0.2) is 4.98 Å². The zero-order chi connectivity index (χ0) is 29.4. The van der Waals surface area contributed by atoms with Crippen LogP contribution in [-0.4, -0.2) is 45.4 Å². The Morgan fingerprint density at radius 1 is 1.19 bits per heavy atom. The third kappa shape index (κ3) is 3.87. The standard InChI is InChI=1S/C35H40N2O5/c1-20-10-12-33(2)24(14-20)8-9-25-26-17-29-35(28(40)19-38,34(26,3)18-27(39)31(25)33)42-32(41-29)23-6-4-21(5-7-23)15-22-11-13-37-30(36)16-22/h4-7,10-14,16,25-27,29,31-32,38-39H,1,8-9,15,17-19H2,2-3H3,(H2,36,37)/t25-,26-,27-,29+,31+,32+,33-,34-,35+/m0/s1. The highest BCUT2D eigenvalue weighted by Gasteiger charge is 2.75. The van der Waals surface area contributed by atoms with Crippen LogP contribution in [0.4, 0.5) is 5.82 Å². The predicted octanol–water partition coefficient (Wildman–Crippen LogP) is 4.84. The van der Waals surface area contributed by atoms with E-state index in [1.165, 1.54) is 5.57 Å². The summed E-state index contributed by atoms with van der Waals surface area (Å²) < 4.78 is 13.3. The Balaban J connectivity index is 1.18. The van der Waals surface area contributed by atoms with Crippen molar-refractivity contribution >= 4 is 11.6 Å². The van der Waals surface area contributed by atoms with Gasteiger partial charge in [0.25, 0.3) is 0 Å². The molecule has 1 aromatic carbocycles. The molecule has 2 aromatic rings. The van der Waals surface area contributed by atoms with Crippen LogP contribution in [0.5, 0.6) is 0 Å². The van der Waals surface area contributed by atoms with Gasteiger partial charge >= 0.3 is 0 Å². The normalized spacial score (nSPS) is 40.1. The van der Waals surface area contributed by atoms with Crippen molar-refractivity contribution < 1.29 is 24.5 Å². The summed E-state index contributed by atoms with van der Waals surface area (Å²) in [6.07, 6.45) is 10.0. The zero-order valence-corrected chi connectivity index (χ0v) is 24.3. The highest BCUT2D eigenvalue weighted by molar-refractivity contribution is 5.91. The number of nitrogen functional groups attached to an aromatic ring is 1. The minimum Gasteiger partial charge on any atom is -0.393 e. The molecule has 0 bridgehead atoms. The first-order chi connectivity index (χ1) is 20.1. The number of nitrogens with two attached hydrogens (primary N) is 1. The fraction of sp³-hybridized carbons (Fsp3) is 0.486. The van der Waals surface area contributed by atoms with Crippen molar-refractivity contribution in [2.24, 2.45) is 28.6 Å². The number of aromatic nitrogens is 1. The highest BCUT2D eigenvalue weighted by Crippen LogP contribution is 2.70. The molecule has 4 aliphatic carbocycles. The third-order valence-electron chi connectivity index (χ3n) is 11.4. The Hall–Kier alpha value is -3.10. The van der Waals surface area contributed by atoms with E-state index in [1.54, 1.807) is 6.20 Å². The van der Waals surface area contributed by atoms with Gasteiger partial charge in [-0.15, -0.1) is 0 Å². The minimum absolute atomic E-state index is 0.0408. The molecule has 0 radical (unpaired) electrons. The van der Waals surface area contributed by atoms with E-state index < -0.39 is 36.1 Å². The van der Waals surface area contributed by atoms with Crippen molar-refractivity contribution in [3.63, 3.8) is 0 Å². The molecule has 220 valence electrons. The molecular weight excluding hydrogens is 528 g/mol. The van der Waals surface area contributed by atoms with Crippen LogP contribution in [0.1, 0.15) is 62.5 Å². The van der Waals surface area contributed by atoms with E-state index in [0.717, 1.165) is 35.1 Å². The maximum absolute atomic E-state index is 13.8. The van der Waals surface area contributed by atoms with Gasteiger partial charge in [0, 0.05) is 28.5 Å². The van der Waals surface area contributed by atoms with Crippen molar-refractivity contribution in [1.29, 1.82) is 0 Å². The van der Waals surface area contributed by atoms with Crippen LogP contribution < -0.4 is 5.73 Å². The number of aliphatic hydroxyl groups is 2. The summed E-state index contributed by atoms with van der Waals surface area (Å²) in [5.41, 5.74) is 8.96. The molecule has 0 unspecified atom stereocenters. The Morgan fingerprint density at radius 2 is 1.98 bits per heavy atom. The molecule has 5 aliphatic rings. The predicted molar refractivity (Wildman–Crippen MR) is 159 cm³/mol. The van der Waals surface area contributed by atoms with Crippen LogP contribution in [-0.2, 0) is 20.7 Å². The topological polar surface area (TPSA) is 115 Å². The molecule has 0 spiro atoms. The van der Waals surface area contributed by atoms with Crippen LogP contribution in [0.15, 0.2) is 78.5 Å². The fourth-order valence-corrected chi connectivity index (χ4v) is 9.54. The van der Waals surface area contributed by atoms with Gasteiger partial charge in [-0.3, -0.25) is 4.79 Å². The van der Waals surface area contributed by atoms with Crippen LogP contribution in [0.2, 0.25) is 0 Å². The molecule has 0 amide bonds. The Kier molecular flexibility index (Phi) is 6.41. The maximum Gasteiger partial charge on any atom is 0.193 e. The number of hydrogen-bond donors (Lipinski definition) is 3. The highest BCUT2D eigenvalue weighted by atomic mass is 16.7. The lowest BCUT2D eigenvalue weighted by Crippen LogP contribution is -2.63. The number of anilines is 1. The first kappa shape index (κ1) is 27.7. The van der Waals surface area contributed by atoms with E-state index >= 15 is 0 Å². The molecule has 9 atom stereocenters. The minimum atomic E-state index is -1.32. The number of fused-ring (bicyclic) bond motifs is 7. The summed E-state index contributed by atoms with van der Waals surface area (Å²) in [6.45, 7) is 7.84. The van der Waals surface area contributed by atoms with Crippen LogP contribution in [0, 0.1) is 28.6 Å². The van der Waals surface area contributed by atoms with E-state index in [0.29, 0.717) is 25.1 Å². The first-order valence-corrected chi connectivity index (χ1v) is 15.1. The quantitative estimate of drug-likeness (QED) is 0.473. The van der Waals surface area contributed by atoms with Crippen LogP contribution in [0.3, 0.4) is 0 Å². The third-order valence-corrected chi connectivity index (χ3v) is 11.4. The second-order valence-electron chi connectivity index (χ2n) is 13.5. The monoisotopic (exact) mass is 568 g/mol. The van der Waals surface area contributed by atoms with Gasteiger partial charge in [-0.05, 0) is 72.8 Å². The number of ketones is 1. The van der Waals surface area contributed by atoms with Crippen molar-refractivity contribution in [2.75, 3.05) is 12.3 Å². The number of ether oxygens (including phenoxy) is 2. The smallest absolute Gasteiger partial charge is 0.193 e. The van der Waals surface area contributed by atoms with Gasteiger partial charge in [0.1, 0.15) is 12.4 Å². The summed E-state index contributed by atoms with van der Waals surface area (Å²) in [7, 11) is 0. The molecule has 7 nitrogen and oxygen atoms in total. The lowest BCUT2D eigenvalue weighted by molar-refractivity contribution is -0.201. The lowest BCUT2D eigenvalue weighted by Gasteiger charge is -2.59. The first-order valence-electron chi connectivity index (χ1n) is 15.1. The van der Waals surface area contributed by atoms with E-state index in [4.69, 9.17) is 15.2 Å². The van der Waals surface area contributed by atoms with Crippen molar-refractivity contribution in [3.05, 3.63) is 95.2 Å². The number of pyridine rings is 1. The summed E-state index contributed by atoms with van der Waals surface area (Å²) in [5, 5.41) is 22.1. The average Bonchev–Trinajstić information content (AvgIpc) is 3.46. The number of hydrogen-bond acceptors (Lipinski definition) is 7. The van der Waals surface area contributed by atoms with Crippen molar-refractivity contribution in [3.8, 4) is 0 Å². The van der Waals surface area contributed by atoms with Crippen molar-refractivity contribution in [2.45, 2.75) is 70.1 Å². The second kappa shape index (κ2) is 9.71. The lowest BCUT2D eigenvalue weighted by atomic mass is 9.46. The largest absolute Gasteiger partial charge is 0.393 e. The number of carbonyl (C=O) groups is 1. The van der Waals surface area contributed by atoms with Crippen molar-refractivity contribution in [1.82, 2.24) is 4.98 Å². The maximum atomic E-state index is 13.8. The molecule has 3 saturated carbocycles. The van der Waals surface area contributed by atoms with Gasteiger partial charge in [0.2, 0.25) is 0 Å². The Morgan fingerprint density at radius 3 is 2.71 bits per heavy atom. The molecule has 4 N–H and O–H groups in total. The number of benzene rings is 1. The fourth-order valence-electron chi connectivity index (χ4n) is 9.54. The van der Waals surface area contributed by atoms with E-state index in [2.05, 4.69) is 43.6 Å². The molecule has 7 heteroatoms. The molecule has 1 saturated heterocycles. The van der Waals surface area contributed by atoms with Gasteiger partial charge in [0.05, 0.1) is 12.2 Å². The SMILES string of the molecule is C=C1C=C[C@@]2(C)C(=C1)CC[C@@H]1[C@@H]2[C@@H](O)C[C@@]2(C)[C@H]1C[C@H]1O[C@@H](c3ccc(Cc4ccnc(N)c4)cc3)O[C@]12C(=O)CO. The number of carbonyl (C=O) groups excluding carboxylic acids is 1. The Labute approximate surface area is 247 Å².